The third-order valence-corrected chi connectivity index (χ3v) is 4.67. The first-order valence-electron chi connectivity index (χ1n) is 6.87. The van der Waals surface area contributed by atoms with Crippen LogP contribution in [0.2, 0.25) is 0 Å². The zero-order valence-corrected chi connectivity index (χ0v) is 14.4. The summed E-state index contributed by atoms with van der Waals surface area (Å²) in [5.41, 5.74) is -4.31. The summed E-state index contributed by atoms with van der Waals surface area (Å²) in [6, 6.07) is 0. The largest absolute Gasteiger partial charge is 0.461 e. The van der Waals surface area contributed by atoms with E-state index in [0.717, 1.165) is 0 Å². The molecule has 0 spiro atoms. The molecule has 0 saturated heterocycles. The van der Waals surface area contributed by atoms with Crippen LogP contribution >= 0.6 is 0 Å². The summed E-state index contributed by atoms with van der Waals surface area (Å²) < 4.78 is 10.7. The summed E-state index contributed by atoms with van der Waals surface area (Å²) in [5.74, 6) is -0.558. The van der Waals surface area contributed by atoms with Gasteiger partial charge < -0.3 is 14.6 Å². The van der Waals surface area contributed by atoms with Crippen molar-refractivity contribution in [3.8, 4) is 0 Å². The minimum Gasteiger partial charge on any atom is -0.461 e. The van der Waals surface area contributed by atoms with E-state index in [1.807, 2.05) is 0 Å². The SMILES string of the molecule is C=C(C)C(=O)OC(C)(C)C(C)(C(C)(C)O)C(C)(C)OC=O. The lowest BCUT2D eigenvalue weighted by Crippen LogP contribution is -2.67. The molecule has 0 radical (unpaired) electrons. The molecule has 1 unspecified atom stereocenters. The van der Waals surface area contributed by atoms with E-state index < -0.39 is 28.2 Å². The Bertz CT molecular complexity index is 428. The fourth-order valence-electron chi connectivity index (χ4n) is 2.86. The average Bonchev–Trinajstić information content (AvgIpc) is 2.24. The van der Waals surface area contributed by atoms with E-state index >= 15 is 0 Å². The van der Waals surface area contributed by atoms with Crippen LogP contribution in [0.25, 0.3) is 0 Å². The summed E-state index contributed by atoms with van der Waals surface area (Å²) in [6.07, 6.45) is 0. The molecule has 0 aromatic heterocycles. The van der Waals surface area contributed by atoms with E-state index in [1.165, 1.54) is 0 Å². The first kappa shape index (κ1) is 19.6. The average molecular weight is 300 g/mol. The molecule has 5 heteroatoms. The first-order valence-corrected chi connectivity index (χ1v) is 6.87. The second-order valence-electron chi connectivity index (χ2n) is 7.09. The number of rotatable bonds is 7. The highest BCUT2D eigenvalue weighted by Gasteiger charge is 2.63. The van der Waals surface area contributed by atoms with E-state index in [4.69, 9.17) is 9.47 Å². The maximum atomic E-state index is 11.9. The maximum Gasteiger partial charge on any atom is 0.333 e. The summed E-state index contributed by atoms with van der Waals surface area (Å²) in [4.78, 5) is 22.7. The van der Waals surface area contributed by atoms with Gasteiger partial charge in [-0.2, -0.15) is 0 Å². The molecule has 0 saturated carbocycles. The van der Waals surface area contributed by atoms with Gasteiger partial charge in [-0.1, -0.05) is 6.58 Å². The molecular formula is C16H28O5. The highest BCUT2D eigenvalue weighted by Crippen LogP contribution is 2.52. The molecule has 0 aliphatic heterocycles. The number of esters is 1. The van der Waals surface area contributed by atoms with Gasteiger partial charge in [-0.3, -0.25) is 4.79 Å². The molecular weight excluding hydrogens is 272 g/mol. The number of ether oxygens (including phenoxy) is 2. The summed E-state index contributed by atoms with van der Waals surface area (Å²) >= 11 is 0. The Hall–Kier alpha value is -1.36. The standard InChI is InChI=1S/C16H28O5/c1-11(2)12(18)21-15(7,8)16(9,13(3,4)19)14(5,6)20-10-17/h10,19H,1H2,2-9H3. The number of carbonyl (C=O) groups excluding carboxylic acids is 2. The van der Waals surface area contributed by atoms with Gasteiger partial charge in [0.25, 0.3) is 6.47 Å². The van der Waals surface area contributed by atoms with E-state index in [0.29, 0.717) is 6.47 Å². The van der Waals surface area contributed by atoms with Crippen LogP contribution in [-0.4, -0.2) is 34.4 Å². The predicted octanol–water partition coefficient (Wildman–Crippen LogP) is 2.61. The lowest BCUT2D eigenvalue weighted by atomic mass is 9.56. The minimum absolute atomic E-state index is 0.260. The van der Waals surface area contributed by atoms with Gasteiger partial charge in [0.15, 0.2) is 0 Å². The van der Waals surface area contributed by atoms with Crippen LogP contribution in [0.1, 0.15) is 55.4 Å². The highest BCUT2D eigenvalue weighted by molar-refractivity contribution is 5.87. The second-order valence-corrected chi connectivity index (χ2v) is 7.09. The molecule has 0 aliphatic rings. The Morgan fingerprint density at radius 1 is 1.05 bits per heavy atom. The van der Waals surface area contributed by atoms with Crippen LogP contribution in [0.5, 0.6) is 0 Å². The molecule has 0 rings (SSSR count). The van der Waals surface area contributed by atoms with Crippen molar-refractivity contribution in [1.29, 1.82) is 0 Å². The van der Waals surface area contributed by atoms with Gasteiger partial charge in [-0.05, 0) is 55.4 Å². The smallest absolute Gasteiger partial charge is 0.333 e. The van der Waals surface area contributed by atoms with Gasteiger partial charge in [0, 0.05) is 5.57 Å². The van der Waals surface area contributed by atoms with Gasteiger partial charge in [0.05, 0.1) is 11.0 Å². The van der Waals surface area contributed by atoms with Crippen molar-refractivity contribution in [3.63, 3.8) is 0 Å². The monoisotopic (exact) mass is 300 g/mol. The number of hydrogen-bond acceptors (Lipinski definition) is 5. The van der Waals surface area contributed by atoms with Crippen LogP contribution in [0.3, 0.4) is 0 Å². The van der Waals surface area contributed by atoms with Crippen molar-refractivity contribution in [2.75, 3.05) is 0 Å². The maximum absolute atomic E-state index is 11.9. The Morgan fingerprint density at radius 2 is 1.48 bits per heavy atom. The quantitative estimate of drug-likeness (QED) is 0.444. The lowest BCUT2D eigenvalue weighted by molar-refractivity contribution is -0.250. The molecule has 1 atom stereocenters. The second kappa shape index (κ2) is 5.79. The minimum atomic E-state index is -1.29. The highest BCUT2D eigenvalue weighted by atomic mass is 16.6. The van der Waals surface area contributed by atoms with Crippen molar-refractivity contribution in [2.24, 2.45) is 5.41 Å². The van der Waals surface area contributed by atoms with Crippen LogP contribution in [0.15, 0.2) is 12.2 Å². The molecule has 0 heterocycles. The molecule has 0 aromatic carbocycles. The Morgan fingerprint density at radius 3 is 1.76 bits per heavy atom. The Kier molecular flexibility index (Phi) is 5.42. The van der Waals surface area contributed by atoms with E-state index in [1.54, 1.807) is 55.4 Å². The van der Waals surface area contributed by atoms with Gasteiger partial charge >= 0.3 is 5.97 Å². The fourth-order valence-corrected chi connectivity index (χ4v) is 2.86. The lowest BCUT2D eigenvalue weighted by Gasteiger charge is -2.57. The third kappa shape index (κ3) is 3.46. The van der Waals surface area contributed by atoms with E-state index in [-0.39, 0.29) is 5.57 Å². The van der Waals surface area contributed by atoms with Crippen molar-refractivity contribution < 1.29 is 24.2 Å². The van der Waals surface area contributed by atoms with Crippen molar-refractivity contribution >= 4 is 12.4 Å². The molecule has 5 nitrogen and oxygen atoms in total. The number of carbonyl (C=O) groups is 2. The summed E-state index contributed by atoms with van der Waals surface area (Å²) in [7, 11) is 0. The normalized spacial score (nSPS) is 15.9. The van der Waals surface area contributed by atoms with Gasteiger partial charge in [0.2, 0.25) is 0 Å². The van der Waals surface area contributed by atoms with E-state index in [9.17, 15) is 14.7 Å². The molecule has 122 valence electrons. The zero-order valence-electron chi connectivity index (χ0n) is 14.4. The van der Waals surface area contributed by atoms with Gasteiger partial charge in [0.1, 0.15) is 11.2 Å². The first-order chi connectivity index (χ1) is 9.14. The Balaban J connectivity index is 5.99. The van der Waals surface area contributed by atoms with Crippen LogP contribution in [0.4, 0.5) is 0 Å². The fraction of sp³-hybridized carbons (Fsp3) is 0.750. The third-order valence-electron chi connectivity index (χ3n) is 4.67. The molecule has 21 heavy (non-hydrogen) atoms. The number of aliphatic hydroxyl groups is 1. The molecule has 0 amide bonds. The van der Waals surface area contributed by atoms with Gasteiger partial charge in [-0.15, -0.1) is 0 Å². The van der Waals surface area contributed by atoms with E-state index in [2.05, 4.69) is 6.58 Å². The Labute approximate surface area is 127 Å². The summed E-state index contributed by atoms with van der Waals surface area (Å²) in [5, 5.41) is 10.7. The molecule has 1 N–H and O–H groups in total. The van der Waals surface area contributed by atoms with Crippen molar-refractivity contribution in [1.82, 2.24) is 0 Å². The molecule has 0 aromatic rings. The zero-order chi connectivity index (χ0) is 17.3. The molecule has 0 fully saturated rings. The van der Waals surface area contributed by atoms with Crippen LogP contribution < -0.4 is 0 Å². The molecule has 0 aliphatic carbocycles. The van der Waals surface area contributed by atoms with Gasteiger partial charge in [-0.25, -0.2) is 4.79 Å². The number of hydrogen-bond donors (Lipinski definition) is 1. The van der Waals surface area contributed by atoms with Crippen molar-refractivity contribution in [2.45, 2.75) is 72.2 Å². The summed E-state index contributed by atoms with van der Waals surface area (Å²) in [6.45, 7) is 17.1. The van der Waals surface area contributed by atoms with Crippen molar-refractivity contribution in [3.05, 3.63) is 12.2 Å². The molecule has 0 bridgehead atoms. The topological polar surface area (TPSA) is 72.8 Å². The predicted molar refractivity (Wildman–Crippen MR) is 80.6 cm³/mol. The van der Waals surface area contributed by atoms with Crippen LogP contribution in [0, 0.1) is 5.41 Å². The van der Waals surface area contributed by atoms with Crippen LogP contribution in [-0.2, 0) is 19.1 Å².